The number of nitrogens with zero attached hydrogens (tertiary/aromatic N) is 1. The lowest BCUT2D eigenvalue weighted by molar-refractivity contribution is -0.870. The molecule has 546 valence electrons. The molecule has 0 saturated heterocycles. The van der Waals surface area contributed by atoms with Crippen LogP contribution in [0.15, 0.2) is 72.9 Å². The highest BCUT2D eigenvalue weighted by Crippen LogP contribution is 2.43. The zero-order chi connectivity index (χ0) is 67.6. The zero-order valence-corrected chi connectivity index (χ0v) is 63.7. The third-order valence-electron chi connectivity index (χ3n) is 18.7. The van der Waals surface area contributed by atoms with Crippen molar-refractivity contribution in [3.8, 4) is 0 Å². The third kappa shape index (κ3) is 77.2. The van der Waals surface area contributed by atoms with Gasteiger partial charge < -0.3 is 19.8 Å². The first-order chi connectivity index (χ1) is 45.5. The fourth-order valence-electron chi connectivity index (χ4n) is 12.5. The fraction of sp³-hybridized carbons (Fsp3) is 0.845. The molecular formula is C84H160N2O6P+. The van der Waals surface area contributed by atoms with Crippen LogP contribution in [0.2, 0.25) is 0 Å². The van der Waals surface area contributed by atoms with E-state index in [-0.39, 0.29) is 19.1 Å². The van der Waals surface area contributed by atoms with E-state index in [2.05, 4.69) is 92.1 Å². The third-order valence-corrected chi connectivity index (χ3v) is 19.7. The molecule has 8 nitrogen and oxygen atoms in total. The van der Waals surface area contributed by atoms with Gasteiger partial charge in [-0.15, -0.1) is 0 Å². The number of aliphatic hydroxyl groups is 1. The van der Waals surface area contributed by atoms with Crippen molar-refractivity contribution in [2.75, 3.05) is 40.9 Å². The first-order valence-electron chi connectivity index (χ1n) is 40.8. The molecule has 3 N–H and O–H groups in total. The van der Waals surface area contributed by atoms with E-state index in [9.17, 15) is 19.4 Å². The maximum absolute atomic E-state index is 13.1. The summed E-state index contributed by atoms with van der Waals surface area (Å²) in [5.74, 6) is -0.136. The summed E-state index contributed by atoms with van der Waals surface area (Å²) >= 11 is 0. The van der Waals surface area contributed by atoms with E-state index in [1.54, 1.807) is 0 Å². The number of phosphoric ester groups is 1. The molecule has 0 aromatic carbocycles. The normalized spacial score (nSPS) is 13.8. The van der Waals surface area contributed by atoms with Gasteiger partial charge in [-0.2, -0.15) is 0 Å². The van der Waals surface area contributed by atoms with Crippen molar-refractivity contribution < 1.29 is 32.9 Å². The van der Waals surface area contributed by atoms with Crippen molar-refractivity contribution in [1.82, 2.24) is 5.32 Å². The molecular weight excluding hydrogens is 1160 g/mol. The van der Waals surface area contributed by atoms with Gasteiger partial charge in [0.2, 0.25) is 5.91 Å². The highest BCUT2D eigenvalue weighted by atomic mass is 31.2. The zero-order valence-electron chi connectivity index (χ0n) is 62.8. The summed E-state index contributed by atoms with van der Waals surface area (Å²) < 4.78 is 24.0. The van der Waals surface area contributed by atoms with Crippen LogP contribution in [0.4, 0.5) is 0 Å². The van der Waals surface area contributed by atoms with Crippen molar-refractivity contribution in [2.24, 2.45) is 0 Å². The SMILES string of the molecule is CC/C=C\C/C=C\C/C=C\C/C=C\C/C=C\C/C=C\CCCCCCCCCCCCCCCCCCCCCCCCC(=O)NC(COP(=O)(O)OCC[N+](C)(C)C)C(O)CCCCCCCCCCCCCCCCCCCCCCCCCCCCCCCC. The second kappa shape index (κ2) is 74.2. The lowest BCUT2D eigenvalue weighted by Crippen LogP contribution is -2.46. The van der Waals surface area contributed by atoms with Crippen LogP contribution in [0.1, 0.15) is 406 Å². The molecule has 0 spiro atoms. The average molecular weight is 1330 g/mol. The molecule has 0 saturated carbocycles. The number of carbonyl (C=O) groups excluding carboxylic acids is 1. The number of aliphatic hydroxyl groups excluding tert-OH is 1. The van der Waals surface area contributed by atoms with Crippen molar-refractivity contribution >= 4 is 13.7 Å². The molecule has 1 amide bonds. The van der Waals surface area contributed by atoms with Crippen LogP contribution in [0.5, 0.6) is 0 Å². The quantitative estimate of drug-likeness (QED) is 0.0243. The maximum atomic E-state index is 13.1. The fourth-order valence-corrected chi connectivity index (χ4v) is 13.2. The number of hydrogen-bond donors (Lipinski definition) is 3. The Kier molecular flexibility index (Phi) is 72.5. The monoisotopic (exact) mass is 1320 g/mol. The number of amides is 1. The Balaban J connectivity index is 3.91. The van der Waals surface area contributed by atoms with Gasteiger partial charge in [-0.25, -0.2) is 4.57 Å². The molecule has 0 aliphatic rings. The molecule has 93 heavy (non-hydrogen) atoms. The van der Waals surface area contributed by atoms with Crippen LogP contribution in [-0.4, -0.2) is 73.4 Å². The number of rotatable bonds is 76. The van der Waals surface area contributed by atoms with Gasteiger partial charge in [-0.3, -0.25) is 13.8 Å². The van der Waals surface area contributed by atoms with Crippen LogP contribution in [0, 0.1) is 0 Å². The molecule has 0 bridgehead atoms. The van der Waals surface area contributed by atoms with E-state index in [4.69, 9.17) is 9.05 Å². The molecule has 3 atom stereocenters. The van der Waals surface area contributed by atoms with Crippen LogP contribution < -0.4 is 5.32 Å². The predicted octanol–water partition coefficient (Wildman–Crippen LogP) is 26.8. The molecule has 9 heteroatoms. The largest absolute Gasteiger partial charge is 0.472 e. The standard InChI is InChI=1S/C84H159N2O6P/c1-6-8-10-12-14-16-18-20-22-24-26-28-30-32-34-36-38-39-40-41-42-43-44-45-46-47-48-50-52-54-56-58-60-62-64-66-68-70-72-74-76-78-84(88)85-82(81-92-93(89,90)91-80-79-86(3,4)5)83(87)77-75-73-71-69-67-65-63-61-59-57-55-53-51-49-37-35-33-31-29-27-25-23-21-19-17-15-13-11-9-7-2/h8,10,14,16,20,22,26,28,32,34,38-39,82-83,87H,6-7,9,11-13,15,17-19,21,23-25,27,29-31,33,35-37,40-81H2,1-5H3,(H-,85,88,89,90)/p+1/b10-8-,16-14-,22-20-,28-26-,34-32-,39-38-. The van der Waals surface area contributed by atoms with E-state index in [1.807, 2.05) is 21.1 Å². The van der Waals surface area contributed by atoms with Gasteiger partial charge in [0.05, 0.1) is 39.9 Å². The molecule has 3 unspecified atom stereocenters. The highest BCUT2D eigenvalue weighted by Gasteiger charge is 2.28. The number of likely N-dealkylation sites (N-methyl/N-ethyl adjacent to an activating group) is 1. The molecule has 0 heterocycles. The van der Waals surface area contributed by atoms with Crippen molar-refractivity contribution in [3.05, 3.63) is 72.9 Å². The number of hydrogen-bond acceptors (Lipinski definition) is 5. The summed E-state index contributed by atoms with van der Waals surface area (Å²) in [6, 6.07) is -0.763. The van der Waals surface area contributed by atoms with Crippen LogP contribution in [0.25, 0.3) is 0 Å². The summed E-state index contributed by atoms with van der Waals surface area (Å²) in [7, 11) is 1.63. The van der Waals surface area contributed by atoms with E-state index < -0.39 is 20.0 Å². The molecule has 0 rings (SSSR count). The highest BCUT2D eigenvalue weighted by molar-refractivity contribution is 7.47. The van der Waals surface area contributed by atoms with Crippen molar-refractivity contribution in [2.45, 2.75) is 418 Å². The minimum absolute atomic E-state index is 0.0759. The molecule has 0 aliphatic heterocycles. The minimum atomic E-state index is -4.34. The topological polar surface area (TPSA) is 105 Å². The number of carbonyl (C=O) groups is 1. The Morgan fingerprint density at radius 3 is 0.946 bits per heavy atom. The van der Waals surface area contributed by atoms with Gasteiger partial charge >= 0.3 is 7.82 Å². The Morgan fingerprint density at radius 2 is 0.645 bits per heavy atom. The van der Waals surface area contributed by atoms with Gasteiger partial charge in [0.1, 0.15) is 13.2 Å². The second-order valence-electron chi connectivity index (χ2n) is 29.1. The van der Waals surface area contributed by atoms with Crippen molar-refractivity contribution in [1.29, 1.82) is 0 Å². The van der Waals surface area contributed by atoms with E-state index in [0.717, 1.165) is 77.0 Å². The van der Waals surface area contributed by atoms with E-state index >= 15 is 0 Å². The van der Waals surface area contributed by atoms with Crippen molar-refractivity contribution in [3.63, 3.8) is 0 Å². The average Bonchev–Trinajstić information content (AvgIpc) is 2.75. The van der Waals surface area contributed by atoms with Crippen LogP contribution in [-0.2, 0) is 18.4 Å². The molecule has 0 aromatic rings. The summed E-state index contributed by atoms with van der Waals surface area (Å²) in [6.45, 7) is 4.83. The molecule has 0 fully saturated rings. The van der Waals surface area contributed by atoms with Gasteiger partial charge in [0.15, 0.2) is 0 Å². The molecule has 0 aromatic heterocycles. The number of allylic oxidation sites excluding steroid dienone is 12. The Morgan fingerprint density at radius 1 is 0.376 bits per heavy atom. The first-order valence-corrected chi connectivity index (χ1v) is 42.3. The molecule has 0 aliphatic carbocycles. The van der Waals surface area contributed by atoms with E-state index in [0.29, 0.717) is 23.9 Å². The van der Waals surface area contributed by atoms with Gasteiger partial charge in [0.25, 0.3) is 0 Å². The lowest BCUT2D eigenvalue weighted by Gasteiger charge is -2.26. The van der Waals surface area contributed by atoms with Gasteiger partial charge in [0, 0.05) is 6.42 Å². The summed E-state index contributed by atoms with van der Waals surface area (Å²) in [4.78, 5) is 23.5. The first kappa shape index (κ1) is 90.9. The minimum Gasteiger partial charge on any atom is -0.391 e. The number of unbranched alkanes of at least 4 members (excludes halogenated alkanes) is 51. The molecule has 0 radical (unpaired) electrons. The Labute approximate surface area is 580 Å². The number of phosphoric acid groups is 1. The summed E-state index contributed by atoms with van der Waals surface area (Å²) in [5, 5.41) is 14.2. The second-order valence-corrected chi connectivity index (χ2v) is 30.6. The van der Waals surface area contributed by atoms with Gasteiger partial charge in [-0.1, -0.05) is 408 Å². The lowest BCUT2D eigenvalue weighted by atomic mass is 10.0. The van der Waals surface area contributed by atoms with Crippen LogP contribution in [0.3, 0.4) is 0 Å². The summed E-state index contributed by atoms with van der Waals surface area (Å²) in [6.07, 6.45) is 105. The Hall–Kier alpha value is -2.06. The van der Waals surface area contributed by atoms with Gasteiger partial charge in [-0.05, 0) is 64.2 Å². The number of quaternary nitrogens is 1. The van der Waals surface area contributed by atoms with E-state index in [1.165, 1.54) is 302 Å². The Bertz CT molecular complexity index is 1750. The predicted molar refractivity (Wildman–Crippen MR) is 410 cm³/mol. The van der Waals surface area contributed by atoms with Crippen LogP contribution >= 0.6 is 7.82 Å². The summed E-state index contributed by atoms with van der Waals surface area (Å²) in [5.41, 5.74) is 0. The number of nitrogens with one attached hydrogen (secondary N) is 1. The smallest absolute Gasteiger partial charge is 0.391 e. The maximum Gasteiger partial charge on any atom is 0.472 e.